The average Bonchev–Trinajstić information content (AvgIpc) is 2.57. The van der Waals surface area contributed by atoms with Gasteiger partial charge in [0.1, 0.15) is 17.9 Å². The normalized spacial score (nSPS) is 25.1. The summed E-state index contributed by atoms with van der Waals surface area (Å²) < 4.78 is 16.1. The molecule has 0 amide bonds. The minimum atomic E-state index is -1.24. The number of carbonyl (C=O) groups excluding carboxylic acids is 2. The number of hydrogen-bond donors (Lipinski definition) is 0. The van der Waals surface area contributed by atoms with Gasteiger partial charge in [0.2, 0.25) is 0 Å². The SMILES string of the molecule is CC1CC(C)CN(CCOc2cccc(C=C3C(=O)OC(C)(C)OC3=O)c2)C1. The molecule has 0 saturated carbocycles. The molecule has 1 aromatic rings. The fourth-order valence-electron chi connectivity index (χ4n) is 3.91. The molecule has 152 valence electrons. The number of nitrogens with zero attached hydrogens (tertiary/aromatic N) is 1. The van der Waals surface area contributed by atoms with Crippen molar-refractivity contribution in [1.29, 1.82) is 0 Å². The summed E-state index contributed by atoms with van der Waals surface area (Å²) in [6.07, 6.45) is 2.76. The van der Waals surface area contributed by atoms with E-state index in [9.17, 15) is 9.59 Å². The van der Waals surface area contributed by atoms with Crippen LogP contribution in [0.3, 0.4) is 0 Å². The van der Waals surface area contributed by atoms with Crippen molar-refractivity contribution in [2.24, 2.45) is 11.8 Å². The van der Waals surface area contributed by atoms with Gasteiger partial charge in [-0.1, -0.05) is 26.0 Å². The Kier molecular flexibility index (Phi) is 6.08. The smallest absolute Gasteiger partial charge is 0.348 e. The molecule has 2 unspecified atom stereocenters. The molecule has 0 aliphatic carbocycles. The number of esters is 2. The predicted molar refractivity (Wildman–Crippen MR) is 106 cm³/mol. The van der Waals surface area contributed by atoms with Gasteiger partial charge in [-0.3, -0.25) is 4.90 Å². The summed E-state index contributed by atoms with van der Waals surface area (Å²) in [5.74, 6) is -0.454. The second-order valence-electron chi connectivity index (χ2n) is 8.36. The summed E-state index contributed by atoms with van der Waals surface area (Å²) in [6, 6.07) is 7.29. The lowest BCUT2D eigenvalue weighted by atomic mass is 9.92. The van der Waals surface area contributed by atoms with E-state index in [4.69, 9.17) is 14.2 Å². The summed E-state index contributed by atoms with van der Waals surface area (Å²) >= 11 is 0. The first kappa shape index (κ1) is 20.4. The van der Waals surface area contributed by atoms with Crippen LogP contribution in [0.15, 0.2) is 29.8 Å². The lowest BCUT2D eigenvalue weighted by Crippen LogP contribution is -2.41. The summed E-state index contributed by atoms with van der Waals surface area (Å²) in [4.78, 5) is 26.6. The van der Waals surface area contributed by atoms with Crippen molar-refractivity contribution < 1.29 is 23.8 Å². The van der Waals surface area contributed by atoms with Crippen LogP contribution in [0.2, 0.25) is 0 Å². The number of hydrogen-bond acceptors (Lipinski definition) is 6. The van der Waals surface area contributed by atoms with Gasteiger partial charge >= 0.3 is 11.9 Å². The number of likely N-dealkylation sites (tertiary alicyclic amines) is 1. The van der Waals surface area contributed by atoms with E-state index in [0.717, 1.165) is 31.5 Å². The topological polar surface area (TPSA) is 65.1 Å². The standard InChI is InChI=1S/C22H29NO5/c1-15-10-16(2)14-23(13-15)8-9-26-18-7-5-6-17(11-18)12-19-20(24)27-22(3,4)28-21(19)25/h5-7,11-12,15-16H,8-10,13-14H2,1-4H3. The molecule has 2 fully saturated rings. The zero-order valence-electron chi connectivity index (χ0n) is 17.1. The average molecular weight is 387 g/mol. The Morgan fingerprint density at radius 3 is 2.43 bits per heavy atom. The van der Waals surface area contributed by atoms with Crippen LogP contribution in [0, 0.1) is 11.8 Å². The number of rotatable bonds is 5. The molecule has 0 aromatic heterocycles. The summed E-state index contributed by atoms with van der Waals surface area (Å²) in [7, 11) is 0. The maximum absolute atomic E-state index is 12.1. The summed E-state index contributed by atoms with van der Waals surface area (Å²) in [5.41, 5.74) is 0.564. The van der Waals surface area contributed by atoms with Gasteiger partial charge in [0.05, 0.1) is 0 Å². The zero-order chi connectivity index (χ0) is 20.3. The molecule has 1 aromatic carbocycles. The fraction of sp³-hybridized carbons (Fsp3) is 0.545. The molecule has 2 saturated heterocycles. The van der Waals surface area contributed by atoms with E-state index >= 15 is 0 Å². The number of carbonyl (C=O) groups is 2. The van der Waals surface area contributed by atoms with Gasteiger partial charge in [-0.2, -0.15) is 0 Å². The molecule has 2 heterocycles. The Labute approximate surface area is 166 Å². The van der Waals surface area contributed by atoms with Gasteiger partial charge in [-0.05, 0) is 42.0 Å². The van der Waals surface area contributed by atoms with Crippen LogP contribution in [0.1, 0.15) is 39.7 Å². The molecular formula is C22H29NO5. The predicted octanol–water partition coefficient (Wildman–Crippen LogP) is 3.26. The molecule has 0 N–H and O–H groups in total. The minimum Gasteiger partial charge on any atom is -0.492 e. The summed E-state index contributed by atoms with van der Waals surface area (Å²) in [6.45, 7) is 11.3. The van der Waals surface area contributed by atoms with E-state index in [0.29, 0.717) is 17.9 Å². The van der Waals surface area contributed by atoms with Gasteiger partial charge in [0.25, 0.3) is 5.79 Å². The van der Waals surface area contributed by atoms with Crippen molar-refractivity contribution in [3.05, 3.63) is 35.4 Å². The third kappa shape index (κ3) is 5.35. The van der Waals surface area contributed by atoms with Crippen molar-refractivity contribution in [3.63, 3.8) is 0 Å². The van der Waals surface area contributed by atoms with Gasteiger partial charge < -0.3 is 14.2 Å². The van der Waals surface area contributed by atoms with Crippen molar-refractivity contribution in [3.8, 4) is 5.75 Å². The quantitative estimate of drug-likeness (QED) is 0.439. The fourth-order valence-corrected chi connectivity index (χ4v) is 3.91. The largest absolute Gasteiger partial charge is 0.492 e. The number of cyclic esters (lactones) is 2. The van der Waals surface area contributed by atoms with Crippen molar-refractivity contribution in [2.45, 2.75) is 39.9 Å². The zero-order valence-corrected chi connectivity index (χ0v) is 17.1. The first-order chi connectivity index (χ1) is 13.2. The molecule has 0 radical (unpaired) electrons. The van der Waals surface area contributed by atoms with Gasteiger partial charge in [-0.15, -0.1) is 0 Å². The second kappa shape index (κ2) is 8.35. The van der Waals surface area contributed by atoms with Crippen LogP contribution in [0.5, 0.6) is 5.75 Å². The molecule has 6 heteroatoms. The minimum absolute atomic E-state index is 0.118. The Bertz CT molecular complexity index is 738. The van der Waals surface area contributed by atoms with Crippen molar-refractivity contribution in [1.82, 2.24) is 4.90 Å². The van der Waals surface area contributed by atoms with E-state index in [-0.39, 0.29) is 5.57 Å². The summed E-state index contributed by atoms with van der Waals surface area (Å²) in [5, 5.41) is 0. The lowest BCUT2D eigenvalue weighted by molar-refractivity contribution is -0.222. The molecule has 0 spiro atoms. The molecule has 6 nitrogen and oxygen atoms in total. The third-order valence-corrected chi connectivity index (χ3v) is 4.91. The highest BCUT2D eigenvalue weighted by Crippen LogP contribution is 2.25. The molecule has 2 atom stereocenters. The molecule has 0 bridgehead atoms. The van der Waals surface area contributed by atoms with E-state index in [1.54, 1.807) is 12.1 Å². The highest BCUT2D eigenvalue weighted by molar-refractivity contribution is 6.18. The van der Waals surface area contributed by atoms with Crippen LogP contribution in [0.25, 0.3) is 6.08 Å². The molecular weight excluding hydrogens is 358 g/mol. The first-order valence-corrected chi connectivity index (χ1v) is 9.85. The molecule has 3 rings (SSSR count). The first-order valence-electron chi connectivity index (χ1n) is 9.85. The number of ether oxygens (including phenoxy) is 3. The van der Waals surface area contributed by atoms with Crippen LogP contribution < -0.4 is 4.74 Å². The Morgan fingerprint density at radius 2 is 1.79 bits per heavy atom. The van der Waals surface area contributed by atoms with Gasteiger partial charge in [0.15, 0.2) is 0 Å². The molecule has 28 heavy (non-hydrogen) atoms. The van der Waals surface area contributed by atoms with E-state index < -0.39 is 17.7 Å². The van der Waals surface area contributed by atoms with Crippen LogP contribution >= 0.6 is 0 Å². The van der Waals surface area contributed by atoms with Crippen molar-refractivity contribution in [2.75, 3.05) is 26.2 Å². The maximum atomic E-state index is 12.1. The lowest BCUT2D eigenvalue weighted by Gasteiger charge is -2.34. The Hall–Kier alpha value is -2.34. The number of benzene rings is 1. The Balaban J connectivity index is 1.60. The van der Waals surface area contributed by atoms with Crippen LogP contribution in [-0.2, 0) is 19.1 Å². The number of piperidine rings is 1. The Morgan fingerprint density at radius 1 is 1.14 bits per heavy atom. The molecule has 2 aliphatic heterocycles. The highest BCUT2D eigenvalue weighted by atomic mass is 16.7. The molecule has 2 aliphatic rings. The van der Waals surface area contributed by atoms with E-state index in [1.165, 1.54) is 26.3 Å². The highest BCUT2D eigenvalue weighted by Gasteiger charge is 2.38. The second-order valence-corrected chi connectivity index (χ2v) is 8.36. The van der Waals surface area contributed by atoms with Gasteiger partial charge in [-0.25, -0.2) is 9.59 Å². The van der Waals surface area contributed by atoms with Crippen LogP contribution in [0.4, 0.5) is 0 Å². The van der Waals surface area contributed by atoms with Crippen LogP contribution in [-0.4, -0.2) is 48.9 Å². The maximum Gasteiger partial charge on any atom is 0.348 e. The van der Waals surface area contributed by atoms with E-state index in [2.05, 4.69) is 18.7 Å². The van der Waals surface area contributed by atoms with Crippen molar-refractivity contribution >= 4 is 18.0 Å². The van der Waals surface area contributed by atoms with Gasteiger partial charge in [0, 0.05) is 33.5 Å². The monoisotopic (exact) mass is 387 g/mol. The van der Waals surface area contributed by atoms with E-state index in [1.807, 2.05) is 12.1 Å². The third-order valence-electron chi connectivity index (χ3n) is 4.91.